The topological polar surface area (TPSA) is 68.9 Å². The maximum Gasteiger partial charge on any atom is 0.269 e. The average molecular weight is 337 g/mol. The van der Waals surface area contributed by atoms with Gasteiger partial charge in [-0.05, 0) is 24.6 Å². The molecule has 120 valence electrons. The fraction of sp³-hybridized carbons (Fsp3) is 0.111. The van der Waals surface area contributed by atoms with Gasteiger partial charge in [-0.1, -0.05) is 53.7 Å². The molecule has 3 aromatic rings. The number of nitro benzene ring substituents is 1. The number of rotatable bonds is 5. The summed E-state index contributed by atoms with van der Waals surface area (Å²) in [5.41, 5.74) is 4.06. The minimum atomic E-state index is -0.385. The highest BCUT2D eigenvalue weighted by Crippen LogP contribution is 2.24. The number of non-ortho nitro benzene ring substituents is 1. The van der Waals surface area contributed by atoms with Crippen molar-refractivity contribution >= 4 is 17.4 Å². The van der Waals surface area contributed by atoms with E-state index in [1.54, 1.807) is 12.1 Å². The van der Waals surface area contributed by atoms with Crippen molar-refractivity contribution in [2.75, 3.05) is 0 Å². The van der Waals surface area contributed by atoms with E-state index in [0.717, 1.165) is 21.8 Å². The van der Waals surface area contributed by atoms with Crippen molar-refractivity contribution in [1.29, 1.82) is 0 Å². The number of hydrogen-bond acceptors (Lipinski definition) is 5. The second-order valence-electron chi connectivity index (χ2n) is 5.34. The van der Waals surface area contributed by atoms with Gasteiger partial charge in [0.05, 0.1) is 10.6 Å². The lowest BCUT2D eigenvalue weighted by Crippen LogP contribution is -1.91. The Hall–Kier alpha value is -2.73. The van der Waals surface area contributed by atoms with E-state index in [-0.39, 0.29) is 10.6 Å². The van der Waals surface area contributed by atoms with E-state index < -0.39 is 0 Å². The first-order valence-electron chi connectivity index (χ1n) is 7.39. The minimum absolute atomic E-state index is 0.105. The Balaban J connectivity index is 1.67. The lowest BCUT2D eigenvalue weighted by Gasteiger charge is -2.03. The molecule has 0 aliphatic carbocycles. The van der Waals surface area contributed by atoms with Crippen LogP contribution in [0.2, 0.25) is 0 Å². The first-order chi connectivity index (χ1) is 11.6. The van der Waals surface area contributed by atoms with E-state index in [0.29, 0.717) is 5.75 Å². The summed E-state index contributed by atoms with van der Waals surface area (Å²) >= 11 is 1.50. The number of hydrogen-bond donors (Lipinski definition) is 0. The lowest BCUT2D eigenvalue weighted by molar-refractivity contribution is -0.384. The van der Waals surface area contributed by atoms with Crippen molar-refractivity contribution in [1.82, 2.24) is 10.2 Å². The van der Waals surface area contributed by atoms with Crippen molar-refractivity contribution in [3.63, 3.8) is 0 Å². The second kappa shape index (κ2) is 7.23. The van der Waals surface area contributed by atoms with Crippen LogP contribution in [0, 0.1) is 17.0 Å². The zero-order chi connectivity index (χ0) is 16.9. The van der Waals surface area contributed by atoms with Gasteiger partial charge in [-0.3, -0.25) is 10.1 Å². The SMILES string of the molecule is Cc1ccc(-c2ccc(SCc3cccc([N+](=O)[O-])c3)nn2)cc1. The van der Waals surface area contributed by atoms with Crippen LogP contribution in [-0.4, -0.2) is 15.1 Å². The Labute approximate surface area is 143 Å². The predicted molar refractivity (Wildman–Crippen MR) is 94.9 cm³/mol. The summed E-state index contributed by atoms with van der Waals surface area (Å²) in [5.74, 6) is 0.611. The molecule has 0 spiro atoms. The van der Waals surface area contributed by atoms with Gasteiger partial charge in [0, 0.05) is 23.4 Å². The van der Waals surface area contributed by atoms with Crippen LogP contribution in [0.4, 0.5) is 5.69 Å². The zero-order valence-electron chi connectivity index (χ0n) is 13.0. The van der Waals surface area contributed by atoms with Gasteiger partial charge in [-0.25, -0.2) is 0 Å². The van der Waals surface area contributed by atoms with Crippen molar-refractivity contribution in [3.8, 4) is 11.3 Å². The van der Waals surface area contributed by atoms with Crippen LogP contribution < -0.4 is 0 Å². The fourth-order valence-corrected chi connectivity index (χ4v) is 2.95. The monoisotopic (exact) mass is 337 g/mol. The molecule has 5 nitrogen and oxygen atoms in total. The summed E-state index contributed by atoms with van der Waals surface area (Å²) < 4.78 is 0. The highest BCUT2D eigenvalue weighted by molar-refractivity contribution is 7.98. The lowest BCUT2D eigenvalue weighted by atomic mass is 10.1. The van der Waals surface area contributed by atoms with Gasteiger partial charge in [0.25, 0.3) is 5.69 Å². The zero-order valence-corrected chi connectivity index (χ0v) is 13.9. The van der Waals surface area contributed by atoms with Gasteiger partial charge in [-0.2, -0.15) is 0 Å². The van der Waals surface area contributed by atoms with E-state index in [1.807, 2.05) is 49.4 Å². The summed E-state index contributed by atoms with van der Waals surface area (Å²) in [4.78, 5) is 10.4. The maximum atomic E-state index is 10.8. The average Bonchev–Trinajstić information content (AvgIpc) is 2.61. The number of aromatic nitrogens is 2. The molecule has 2 aromatic carbocycles. The van der Waals surface area contributed by atoms with Gasteiger partial charge in [0.1, 0.15) is 5.03 Å². The molecular weight excluding hydrogens is 322 g/mol. The molecule has 0 radical (unpaired) electrons. The van der Waals surface area contributed by atoms with Crippen LogP contribution in [0.15, 0.2) is 65.7 Å². The largest absolute Gasteiger partial charge is 0.269 e. The summed E-state index contributed by atoms with van der Waals surface area (Å²) in [6, 6.07) is 18.6. The standard InChI is InChI=1S/C18H15N3O2S/c1-13-5-7-15(8-6-13)17-9-10-18(20-19-17)24-12-14-3-2-4-16(11-14)21(22)23/h2-11H,12H2,1H3. The molecule has 0 N–H and O–H groups in total. The van der Waals surface area contributed by atoms with E-state index in [4.69, 9.17) is 0 Å². The molecule has 0 bridgehead atoms. The molecule has 0 amide bonds. The molecular formula is C18H15N3O2S. The third kappa shape index (κ3) is 3.97. The number of nitrogens with zero attached hydrogens (tertiary/aromatic N) is 3. The first kappa shape index (κ1) is 16.1. The minimum Gasteiger partial charge on any atom is -0.258 e. The Bertz CT molecular complexity index is 849. The normalized spacial score (nSPS) is 10.5. The number of benzene rings is 2. The van der Waals surface area contributed by atoms with Crippen LogP contribution in [0.1, 0.15) is 11.1 Å². The van der Waals surface area contributed by atoms with Crippen LogP contribution in [-0.2, 0) is 5.75 Å². The van der Waals surface area contributed by atoms with Gasteiger partial charge >= 0.3 is 0 Å². The number of thioether (sulfide) groups is 1. The van der Waals surface area contributed by atoms with Crippen molar-refractivity contribution in [2.45, 2.75) is 17.7 Å². The first-order valence-corrected chi connectivity index (χ1v) is 8.37. The van der Waals surface area contributed by atoms with E-state index in [1.165, 1.54) is 23.4 Å². The van der Waals surface area contributed by atoms with Gasteiger partial charge in [-0.15, -0.1) is 10.2 Å². The van der Waals surface area contributed by atoms with Crippen molar-refractivity contribution in [2.24, 2.45) is 0 Å². The summed E-state index contributed by atoms with van der Waals surface area (Å²) in [6.07, 6.45) is 0. The molecule has 3 rings (SSSR count). The summed E-state index contributed by atoms with van der Waals surface area (Å²) in [6.45, 7) is 2.04. The Kier molecular flexibility index (Phi) is 4.86. The molecule has 0 unspecified atom stereocenters. The van der Waals surface area contributed by atoms with Crippen LogP contribution in [0.25, 0.3) is 11.3 Å². The fourth-order valence-electron chi connectivity index (χ4n) is 2.19. The second-order valence-corrected chi connectivity index (χ2v) is 6.33. The molecule has 1 heterocycles. The highest BCUT2D eigenvalue weighted by Gasteiger charge is 2.07. The number of nitro groups is 1. The van der Waals surface area contributed by atoms with Crippen LogP contribution in [0.5, 0.6) is 0 Å². The van der Waals surface area contributed by atoms with E-state index in [9.17, 15) is 10.1 Å². The van der Waals surface area contributed by atoms with Gasteiger partial charge in [0.15, 0.2) is 0 Å². The van der Waals surface area contributed by atoms with Crippen LogP contribution in [0.3, 0.4) is 0 Å². The third-order valence-corrected chi connectivity index (χ3v) is 4.49. The van der Waals surface area contributed by atoms with Crippen LogP contribution >= 0.6 is 11.8 Å². The number of aryl methyl sites for hydroxylation is 1. The van der Waals surface area contributed by atoms with Crippen molar-refractivity contribution in [3.05, 3.63) is 81.9 Å². The molecule has 0 aliphatic rings. The third-order valence-electron chi connectivity index (χ3n) is 3.50. The molecule has 0 atom stereocenters. The molecule has 6 heteroatoms. The van der Waals surface area contributed by atoms with Gasteiger partial charge < -0.3 is 0 Å². The molecule has 1 aromatic heterocycles. The molecule has 0 fully saturated rings. The van der Waals surface area contributed by atoms with E-state index in [2.05, 4.69) is 10.2 Å². The molecule has 0 saturated heterocycles. The predicted octanol–water partition coefficient (Wildman–Crippen LogP) is 4.65. The van der Waals surface area contributed by atoms with Gasteiger partial charge in [0.2, 0.25) is 0 Å². The molecule has 24 heavy (non-hydrogen) atoms. The Morgan fingerprint density at radius 3 is 2.50 bits per heavy atom. The smallest absolute Gasteiger partial charge is 0.258 e. The van der Waals surface area contributed by atoms with Crippen molar-refractivity contribution < 1.29 is 4.92 Å². The highest BCUT2D eigenvalue weighted by atomic mass is 32.2. The Morgan fingerprint density at radius 1 is 1.04 bits per heavy atom. The summed E-state index contributed by atoms with van der Waals surface area (Å²) in [7, 11) is 0. The molecule has 0 aliphatic heterocycles. The maximum absolute atomic E-state index is 10.8. The molecule has 0 saturated carbocycles. The quantitative estimate of drug-likeness (QED) is 0.385. The van der Waals surface area contributed by atoms with E-state index >= 15 is 0 Å². The Morgan fingerprint density at radius 2 is 1.83 bits per heavy atom. The summed E-state index contributed by atoms with van der Waals surface area (Å²) in [5, 5.41) is 20.1.